The zero-order chi connectivity index (χ0) is 37.5. The molecule has 4 fully saturated rings. The molecule has 4 aliphatic rings. The van der Waals surface area contributed by atoms with E-state index in [2.05, 4.69) is 36.6 Å². The molecule has 0 spiro atoms. The van der Waals surface area contributed by atoms with Crippen LogP contribution in [-0.2, 0) is 16.6 Å². The summed E-state index contributed by atoms with van der Waals surface area (Å²) in [5.41, 5.74) is 0.590. The Morgan fingerprint density at radius 1 is 1.06 bits per heavy atom. The number of hydrogen-bond acceptors (Lipinski definition) is 7. The number of carbonyl (C=O) groups is 1. The molecule has 7 atom stereocenters. The third-order valence-electron chi connectivity index (χ3n) is 12.3. The molecule has 284 valence electrons. The van der Waals surface area contributed by atoms with E-state index < -0.39 is 64.6 Å². The van der Waals surface area contributed by atoms with E-state index in [-0.39, 0.29) is 11.3 Å². The first-order valence-corrected chi connectivity index (χ1v) is 18.5. The number of aryl methyl sites for hydroxylation is 1. The number of halogens is 5. The standard InChI is InChI=1S/C39H48F5N3O5/c1-5-7-29-45-36(52-47-29)39(16-17-39)28(51-37(50)46-35-33(43)31(41)30(40)32(42)34(35)44)14-9-20(2)25-12-13-26-22(8-6-15-38(25,26)4)10-11-23-18-24(48)19-27(49)21(23)3/h10-11,20,24-28,48-49H,3,5-9,12-19H2,1-2,4H3,(H,46,50)/b22-10+,23-11-/t20-,24-,25-,26+,27+,28+,38-/m1/s1. The van der Waals surface area contributed by atoms with E-state index >= 15 is 0 Å². The van der Waals surface area contributed by atoms with Crippen LogP contribution in [0.5, 0.6) is 0 Å². The van der Waals surface area contributed by atoms with E-state index in [4.69, 9.17) is 9.26 Å². The molecule has 1 aromatic carbocycles. The molecule has 1 heterocycles. The molecule has 0 aliphatic heterocycles. The zero-order valence-electron chi connectivity index (χ0n) is 29.9. The number of carbonyl (C=O) groups excluding carboxylic acids is 1. The lowest BCUT2D eigenvalue weighted by atomic mass is 9.60. The van der Waals surface area contributed by atoms with E-state index in [9.17, 15) is 37.0 Å². The lowest BCUT2D eigenvalue weighted by molar-refractivity contribution is 0.0526. The Kier molecular flexibility index (Phi) is 11.0. The number of rotatable bonds is 11. The molecule has 0 radical (unpaired) electrons. The maximum atomic E-state index is 14.4. The van der Waals surface area contributed by atoms with Crippen molar-refractivity contribution in [3.05, 3.63) is 76.3 Å². The van der Waals surface area contributed by atoms with Gasteiger partial charge >= 0.3 is 6.09 Å². The second-order valence-corrected chi connectivity index (χ2v) is 15.6. The molecule has 3 N–H and O–H groups in total. The van der Waals surface area contributed by atoms with Crippen LogP contribution >= 0.6 is 0 Å². The highest BCUT2D eigenvalue weighted by Gasteiger charge is 2.58. The fourth-order valence-electron chi connectivity index (χ4n) is 9.31. The van der Waals surface area contributed by atoms with Crippen LogP contribution in [0.25, 0.3) is 0 Å². The first-order chi connectivity index (χ1) is 24.7. The minimum Gasteiger partial charge on any atom is -0.445 e. The molecule has 1 amide bonds. The number of ether oxygens (including phenoxy) is 1. The van der Waals surface area contributed by atoms with E-state index in [1.165, 1.54) is 5.57 Å². The quantitative estimate of drug-likeness (QED) is 0.120. The monoisotopic (exact) mass is 733 g/mol. The Morgan fingerprint density at radius 3 is 2.42 bits per heavy atom. The van der Waals surface area contributed by atoms with Crippen LogP contribution in [-0.4, -0.2) is 44.8 Å². The molecular formula is C39H48F5N3O5. The lowest BCUT2D eigenvalue weighted by Gasteiger charge is -2.44. The Bertz CT molecular complexity index is 1730. The van der Waals surface area contributed by atoms with Gasteiger partial charge in [-0.25, -0.2) is 26.7 Å². The fourth-order valence-corrected chi connectivity index (χ4v) is 9.31. The number of nitrogens with one attached hydrogen (secondary N) is 1. The fraction of sp³-hybridized carbons (Fsp3) is 0.615. The van der Waals surface area contributed by atoms with E-state index in [0.29, 0.717) is 74.1 Å². The van der Waals surface area contributed by atoms with Crippen molar-refractivity contribution < 1.29 is 46.2 Å². The van der Waals surface area contributed by atoms with Crippen LogP contribution in [0.4, 0.5) is 32.4 Å². The molecular weight excluding hydrogens is 685 g/mol. The van der Waals surface area contributed by atoms with Gasteiger partial charge < -0.3 is 19.5 Å². The maximum absolute atomic E-state index is 14.4. The number of aliphatic hydroxyl groups is 2. The van der Waals surface area contributed by atoms with Crippen molar-refractivity contribution in [1.82, 2.24) is 10.1 Å². The lowest BCUT2D eigenvalue weighted by Crippen LogP contribution is -2.37. The van der Waals surface area contributed by atoms with E-state index in [1.54, 1.807) is 5.32 Å². The van der Waals surface area contributed by atoms with Gasteiger partial charge in [-0.1, -0.05) is 50.2 Å². The number of anilines is 1. The summed E-state index contributed by atoms with van der Waals surface area (Å²) in [6.45, 7) is 10.6. The maximum Gasteiger partial charge on any atom is 0.412 e. The largest absolute Gasteiger partial charge is 0.445 e. The van der Waals surface area contributed by atoms with Gasteiger partial charge in [0.25, 0.3) is 0 Å². The van der Waals surface area contributed by atoms with Gasteiger partial charge in [0.1, 0.15) is 11.8 Å². The van der Waals surface area contributed by atoms with Crippen molar-refractivity contribution in [2.45, 2.75) is 128 Å². The van der Waals surface area contributed by atoms with Crippen molar-refractivity contribution in [2.24, 2.45) is 23.2 Å². The molecule has 4 aliphatic carbocycles. The van der Waals surface area contributed by atoms with Gasteiger partial charge in [0.05, 0.1) is 17.6 Å². The minimum absolute atomic E-state index is 0.0168. The number of aromatic nitrogens is 2. The van der Waals surface area contributed by atoms with Gasteiger partial charge in [0, 0.05) is 12.8 Å². The number of benzene rings is 1. The third-order valence-corrected chi connectivity index (χ3v) is 12.3. The van der Waals surface area contributed by atoms with Crippen molar-refractivity contribution >= 4 is 11.8 Å². The highest BCUT2D eigenvalue weighted by Crippen LogP contribution is 2.60. The van der Waals surface area contributed by atoms with Gasteiger partial charge in [0.15, 0.2) is 29.1 Å². The average molecular weight is 734 g/mol. The second kappa shape index (κ2) is 15.0. The Morgan fingerprint density at radius 2 is 1.75 bits per heavy atom. The van der Waals surface area contributed by atoms with E-state index in [1.807, 2.05) is 13.0 Å². The normalized spacial score (nSPS) is 29.6. The zero-order valence-corrected chi connectivity index (χ0v) is 29.9. The van der Waals surface area contributed by atoms with Crippen LogP contribution in [0.2, 0.25) is 0 Å². The predicted molar refractivity (Wildman–Crippen MR) is 182 cm³/mol. The average Bonchev–Trinajstić information content (AvgIpc) is 3.64. The van der Waals surface area contributed by atoms with Crippen LogP contribution in [0.1, 0.15) is 110 Å². The summed E-state index contributed by atoms with van der Waals surface area (Å²) in [4.78, 5) is 17.7. The topological polar surface area (TPSA) is 118 Å². The van der Waals surface area contributed by atoms with Gasteiger partial charge in [-0.3, -0.25) is 5.32 Å². The molecule has 13 heteroatoms. The molecule has 0 unspecified atom stereocenters. The van der Waals surface area contributed by atoms with Crippen molar-refractivity contribution in [3.63, 3.8) is 0 Å². The van der Waals surface area contributed by atoms with Crippen molar-refractivity contribution in [2.75, 3.05) is 5.32 Å². The number of aliphatic hydroxyl groups excluding tert-OH is 2. The Labute approximate surface area is 300 Å². The molecule has 2 aromatic rings. The summed E-state index contributed by atoms with van der Waals surface area (Å²) < 4.78 is 81.7. The Balaban J connectivity index is 1.19. The third kappa shape index (κ3) is 7.19. The summed E-state index contributed by atoms with van der Waals surface area (Å²) in [5.74, 6) is -9.31. The first kappa shape index (κ1) is 38.2. The van der Waals surface area contributed by atoms with Crippen molar-refractivity contribution in [3.8, 4) is 0 Å². The predicted octanol–water partition coefficient (Wildman–Crippen LogP) is 8.92. The van der Waals surface area contributed by atoms with Crippen LogP contribution in [0, 0.1) is 52.3 Å². The van der Waals surface area contributed by atoms with Gasteiger partial charge in [-0.05, 0) is 105 Å². The Hall–Kier alpha value is -3.58. The number of nitrogens with zero attached hydrogens (tertiary/aromatic N) is 2. The van der Waals surface area contributed by atoms with Gasteiger partial charge in [-0.2, -0.15) is 4.98 Å². The summed E-state index contributed by atoms with van der Waals surface area (Å²) in [7, 11) is 0. The highest BCUT2D eigenvalue weighted by atomic mass is 19.2. The molecule has 0 bridgehead atoms. The highest BCUT2D eigenvalue weighted by molar-refractivity contribution is 5.85. The van der Waals surface area contributed by atoms with Gasteiger partial charge in [-0.15, -0.1) is 0 Å². The minimum atomic E-state index is -2.33. The molecule has 4 saturated carbocycles. The SMILES string of the molecule is C=C1/C(=C\C=C2/CCC[C@]3(C)[C@@H]([C@H](C)CC[C@H](OC(=O)Nc4c(F)c(F)c(F)c(F)c4F)C4(c5nc(CCC)no5)CC4)CC[C@@H]23)C[C@@H](O)C[C@@H]1O. The molecule has 1 aromatic heterocycles. The summed E-state index contributed by atoms with van der Waals surface area (Å²) >= 11 is 0. The number of amides is 1. The second-order valence-electron chi connectivity index (χ2n) is 15.6. The summed E-state index contributed by atoms with van der Waals surface area (Å²) in [6, 6.07) is 0. The summed E-state index contributed by atoms with van der Waals surface area (Å²) in [5, 5.41) is 26.3. The number of hydrogen-bond donors (Lipinski definition) is 3. The van der Waals surface area contributed by atoms with Crippen LogP contribution in [0.15, 0.2) is 40.0 Å². The van der Waals surface area contributed by atoms with Crippen LogP contribution in [0.3, 0.4) is 0 Å². The van der Waals surface area contributed by atoms with Gasteiger partial charge in [0.2, 0.25) is 11.7 Å². The summed E-state index contributed by atoms with van der Waals surface area (Å²) in [6.07, 6.45) is 9.88. The molecule has 6 rings (SSSR count). The molecule has 8 nitrogen and oxygen atoms in total. The molecule has 0 saturated heterocycles. The number of allylic oxidation sites excluding steroid dienone is 3. The number of fused-ring (bicyclic) bond motifs is 1. The molecule has 52 heavy (non-hydrogen) atoms. The van der Waals surface area contributed by atoms with Crippen molar-refractivity contribution in [1.29, 1.82) is 0 Å². The van der Waals surface area contributed by atoms with Crippen LogP contribution < -0.4 is 5.32 Å². The smallest absolute Gasteiger partial charge is 0.412 e. The van der Waals surface area contributed by atoms with E-state index in [0.717, 1.165) is 44.1 Å². The first-order valence-electron chi connectivity index (χ1n) is 18.5.